The van der Waals surface area contributed by atoms with Crippen molar-refractivity contribution in [1.29, 1.82) is 0 Å². The Balaban J connectivity index is 1.67. The molecule has 0 spiro atoms. The van der Waals surface area contributed by atoms with E-state index in [9.17, 15) is 8.42 Å². The van der Waals surface area contributed by atoms with Crippen LogP contribution in [0.2, 0.25) is 0 Å². The molecule has 5 heteroatoms. The first-order valence-electron chi connectivity index (χ1n) is 8.19. The minimum absolute atomic E-state index is 0.158. The van der Waals surface area contributed by atoms with Crippen LogP contribution >= 0.6 is 0 Å². The van der Waals surface area contributed by atoms with Gasteiger partial charge in [0.25, 0.3) is 10.1 Å². The molecule has 2 aromatic carbocycles. The van der Waals surface area contributed by atoms with Crippen molar-refractivity contribution in [3.05, 3.63) is 65.2 Å². The maximum Gasteiger partial charge on any atom is 0.297 e. The van der Waals surface area contributed by atoms with E-state index in [1.807, 2.05) is 37.3 Å². The number of benzene rings is 2. The number of ether oxygens (including phenoxy) is 1. The van der Waals surface area contributed by atoms with Gasteiger partial charge in [-0.15, -0.1) is 0 Å². The van der Waals surface area contributed by atoms with E-state index in [1.165, 1.54) is 0 Å². The summed E-state index contributed by atoms with van der Waals surface area (Å²) in [7, 11) is -3.69. The van der Waals surface area contributed by atoms with Crippen LogP contribution in [0.3, 0.4) is 0 Å². The van der Waals surface area contributed by atoms with E-state index in [0.717, 1.165) is 36.0 Å². The highest BCUT2D eigenvalue weighted by Crippen LogP contribution is 2.27. The predicted molar refractivity (Wildman–Crippen MR) is 92.0 cm³/mol. The van der Waals surface area contributed by atoms with Crippen molar-refractivity contribution in [2.24, 2.45) is 0 Å². The topological polar surface area (TPSA) is 52.6 Å². The van der Waals surface area contributed by atoms with Gasteiger partial charge < -0.3 is 4.74 Å². The molecule has 0 aliphatic heterocycles. The Bertz CT molecular complexity index is 780. The lowest BCUT2D eigenvalue weighted by molar-refractivity contribution is 0.106. The van der Waals surface area contributed by atoms with Crippen molar-refractivity contribution < 1.29 is 17.3 Å². The second-order valence-corrected chi connectivity index (χ2v) is 7.74. The summed E-state index contributed by atoms with van der Waals surface area (Å²) in [5.74, 6) is 0. The van der Waals surface area contributed by atoms with Gasteiger partial charge in [-0.25, -0.2) is 0 Å². The Morgan fingerprint density at radius 1 is 1.04 bits per heavy atom. The highest BCUT2D eigenvalue weighted by molar-refractivity contribution is 7.86. The van der Waals surface area contributed by atoms with Gasteiger partial charge in [0.1, 0.15) is 0 Å². The van der Waals surface area contributed by atoms with Crippen LogP contribution in [0.1, 0.15) is 36.0 Å². The van der Waals surface area contributed by atoms with Crippen molar-refractivity contribution in [2.75, 3.05) is 0 Å². The van der Waals surface area contributed by atoms with Gasteiger partial charge in [0.15, 0.2) is 0 Å². The molecule has 0 radical (unpaired) electrons. The summed E-state index contributed by atoms with van der Waals surface area (Å²) >= 11 is 0. The number of hydrogen-bond donors (Lipinski definition) is 0. The van der Waals surface area contributed by atoms with Crippen molar-refractivity contribution in [3.8, 4) is 0 Å². The van der Waals surface area contributed by atoms with Gasteiger partial charge in [-0.3, -0.25) is 4.18 Å². The maximum atomic E-state index is 12.3. The lowest BCUT2D eigenvalue weighted by atomic mass is 9.97. The van der Waals surface area contributed by atoms with Gasteiger partial charge in [-0.05, 0) is 55.0 Å². The molecule has 1 saturated carbocycles. The summed E-state index contributed by atoms with van der Waals surface area (Å²) in [5, 5.41) is 0. The average molecular weight is 346 g/mol. The Kier molecular flexibility index (Phi) is 5.33. The van der Waals surface area contributed by atoms with Crippen LogP contribution in [-0.2, 0) is 32.3 Å². The average Bonchev–Trinajstić information content (AvgIpc) is 2.54. The van der Waals surface area contributed by atoms with Crippen molar-refractivity contribution in [3.63, 3.8) is 0 Å². The zero-order valence-electron chi connectivity index (χ0n) is 13.8. The summed E-state index contributed by atoms with van der Waals surface area (Å²) in [5.41, 5.74) is 2.96. The van der Waals surface area contributed by atoms with E-state index in [-0.39, 0.29) is 11.0 Å². The van der Waals surface area contributed by atoms with Crippen LogP contribution in [0.15, 0.2) is 53.4 Å². The van der Waals surface area contributed by atoms with Crippen LogP contribution in [0.5, 0.6) is 0 Å². The van der Waals surface area contributed by atoms with Gasteiger partial charge in [-0.2, -0.15) is 8.42 Å². The normalized spacial score (nSPS) is 15.2. The number of hydrogen-bond acceptors (Lipinski definition) is 4. The smallest absolute Gasteiger partial charge is 0.297 e. The summed E-state index contributed by atoms with van der Waals surface area (Å²) in [6.45, 7) is 2.81. The zero-order valence-corrected chi connectivity index (χ0v) is 14.6. The monoisotopic (exact) mass is 346 g/mol. The minimum atomic E-state index is -3.69. The Hall–Kier alpha value is -1.69. The molecule has 0 amide bonds. The standard InChI is InChI=1S/C19H22O4S/c1-15-10-11-19(24(20,21)23-18-8-5-9-18)12-17(15)14-22-13-16-6-3-2-4-7-16/h2-4,6-7,10-12,18H,5,8-9,13-14H2,1H3. The third-order valence-electron chi connectivity index (χ3n) is 4.29. The van der Waals surface area contributed by atoms with Crippen molar-refractivity contribution in [1.82, 2.24) is 0 Å². The van der Waals surface area contributed by atoms with Crippen LogP contribution in [-0.4, -0.2) is 14.5 Å². The summed E-state index contributed by atoms with van der Waals surface area (Å²) in [4.78, 5) is 0.207. The molecule has 24 heavy (non-hydrogen) atoms. The number of aryl methyl sites for hydroxylation is 1. The fraction of sp³-hybridized carbons (Fsp3) is 0.368. The third-order valence-corrected chi connectivity index (χ3v) is 5.65. The second-order valence-electron chi connectivity index (χ2n) is 6.17. The molecule has 0 bridgehead atoms. The lowest BCUT2D eigenvalue weighted by Crippen LogP contribution is -2.25. The molecule has 4 nitrogen and oxygen atoms in total. The maximum absolute atomic E-state index is 12.3. The molecule has 2 aromatic rings. The Labute approximate surface area is 143 Å². The first kappa shape index (κ1) is 17.1. The van der Waals surface area contributed by atoms with Gasteiger partial charge >= 0.3 is 0 Å². The van der Waals surface area contributed by atoms with Crippen LogP contribution < -0.4 is 0 Å². The van der Waals surface area contributed by atoms with Crippen molar-refractivity contribution >= 4 is 10.1 Å². The van der Waals surface area contributed by atoms with E-state index in [2.05, 4.69) is 0 Å². The SMILES string of the molecule is Cc1ccc(S(=O)(=O)OC2CCC2)cc1COCc1ccccc1. The summed E-state index contributed by atoms with van der Waals surface area (Å²) in [6, 6.07) is 15.0. The Morgan fingerprint density at radius 2 is 1.79 bits per heavy atom. The predicted octanol–water partition coefficient (Wildman–Crippen LogP) is 3.97. The highest BCUT2D eigenvalue weighted by atomic mass is 32.2. The van der Waals surface area contributed by atoms with Crippen molar-refractivity contribution in [2.45, 2.75) is 50.4 Å². The molecule has 1 aliphatic carbocycles. The molecule has 1 aliphatic rings. The molecular formula is C19H22O4S. The third kappa shape index (κ3) is 4.23. The first-order valence-corrected chi connectivity index (χ1v) is 9.60. The minimum Gasteiger partial charge on any atom is -0.372 e. The molecule has 128 valence electrons. The highest BCUT2D eigenvalue weighted by Gasteiger charge is 2.26. The largest absolute Gasteiger partial charge is 0.372 e. The molecular weight excluding hydrogens is 324 g/mol. The zero-order chi connectivity index (χ0) is 17.0. The van der Waals surface area contributed by atoms with E-state index in [4.69, 9.17) is 8.92 Å². The van der Waals surface area contributed by atoms with Crippen LogP contribution in [0.25, 0.3) is 0 Å². The fourth-order valence-corrected chi connectivity index (χ4v) is 3.70. The summed E-state index contributed by atoms with van der Waals surface area (Å²) < 4.78 is 35.7. The van der Waals surface area contributed by atoms with Crippen LogP contribution in [0, 0.1) is 6.92 Å². The van der Waals surface area contributed by atoms with E-state index in [1.54, 1.807) is 18.2 Å². The van der Waals surface area contributed by atoms with E-state index >= 15 is 0 Å². The molecule has 0 saturated heterocycles. The molecule has 0 unspecified atom stereocenters. The number of rotatable bonds is 7. The molecule has 0 atom stereocenters. The molecule has 0 heterocycles. The van der Waals surface area contributed by atoms with E-state index in [0.29, 0.717) is 13.2 Å². The Morgan fingerprint density at radius 3 is 2.46 bits per heavy atom. The van der Waals surface area contributed by atoms with Gasteiger partial charge in [0.05, 0.1) is 24.2 Å². The molecule has 0 N–H and O–H groups in total. The van der Waals surface area contributed by atoms with Gasteiger partial charge in [0, 0.05) is 0 Å². The molecule has 1 fully saturated rings. The van der Waals surface area contributed by atoms with E-state index < -0.39 is 10.1 Å². The van der Waals surface area contributed by atoms with Crippen LogP contribution in [0.4, 0.5) is 0 Å². The second kappa shape index (κ2) is 7.47. The first-order chi connectivity index (χ1) is 11.5. The molecule has 3 rings (SSSR count). The van der Waals surface area contributed by atoms with Gasteiger partial charge in [-0.1, -0.05) is 36.4 Å². The lowest BCUT2D eigenvalue weighted by Gasteiger charge is -2.24. The quantitative estimate of drug-likeness (QED) is 0.712. The molecule has 0 aromatic heterocycles. The van der Waals surface area contributed by atoms with Gasteiger partial charge in [0.2, 0.25) is 0 Å². The fourth-order valence-electron chi connectivity index (χ4n) is 2.51. The summed E-state index contributed by atoms with van der Waals surface area (Å²) in [6.07, 6.45) is 2.51.